The van der Waals surface area contributed by atoms with E-state index in [1.165, 1.54) is 0 Å². The van der Waals surface area contributed by atoms with Gasteiger partial charge in [0.2, 0.25) is 5.82 Å². The molecule has 0 radical (unpaired) electrons. The number of esters is 1. The summed E-state index contributed by atoms with van der Waals surface area (Å²) >= 11 is 1.11. The molecule has 1 unspecified atom stereocenters. The SMILES string of the molecule is CCOC(=O)C(C)Oc1nsnc1N1CCC(C)CC1. The van der Waals surface area contributed by atoms with E-state index < -0.39 is 6.10 Å². The molecule has 6 nitrogen and oxygen atoms in total. The van der Waals surface area contributed by atoms with Gasteiger partial charge in [-0.2, -0.15) is 4.37 Å². The second kappa shape index (κ2) is 6.88. The van der Waals surface area contributed by atoms with E-state index in [0.29, 0.717) is 12.5 Å². The molecular weight excluding hydrogens is 278 g/mol. The van der Waals surface area contributed by atoms with Crippen LogP contribution in [0.4, 0.5) is 5.82 Å². The summed E-state index contributed by atoms with van der Waals surface area (Å²) in [6, 6.07) is 0. The predicted molar refractivity (Wildman–Crippen MR) is 77.2 cm³/mol. The summed E-state index contributed by atoms with van der Waals surface area (Å²) < 4.78 is 19.0. The van der Waals surface area contributed by atoms with Crippen molar-refractivity contribution in [1.82, 2.24) is 8.75 Å². The second-order valence-corrected chi connectivity index (χ2v) is 5.60. The van der Waals surface area contributed by atoms with Crippen molar-refractivity contribution in [3.63, 3.8) is 0 Å². The van der Waals surface area contributed by atoms with Gasteiger partial charge < -0.3 is 14.4 Å². The summed E-state index contributed by atoms with van der Waals surface area (Å²) in [5.41, 5.74) is 0. The zero-order chi connectivity index (χ0) is 14.5. The minimum absolute atomic E-state index is 0.346. The lowest BCUT2D eigenvalue weighted by Gasteiger charge is -2.30. The predicted octanol–water partition coefficient (Wildman–Crippen LogP) is 2.10. The number of hydrogen-bond acceptors (Lipinski definition) is 7. The van der Waals surface area contributed by atoms with E-state index in [2.05, 4.69) is 20.6 Å². The first kappa shape index (κ1) is 15.0. The number of rotatable bonds is 5. The summed E-state index contributed by atoms with van der Waals surface area (Å²) in [6.45, 7) is 7.96. The van der Waals surface area contributed by atoms with Gasteiger partial charge in [-0.25, -0.2) is 4.79 Å². The molecule has 1 saturated heterocycles. The molecule has 1 atom stereocenters. The number of carbonyl (C=O) groups excluding carboxylic acids is 1. The first-order valence-electron chi connectivity index (χ1n) is 7.02. The smallest absolute Gasteiger partial charge is 0.347 e. The van der Waals surface area contributed by atoms with Crippen LogP contribution in [0.2, 0.25) is 0 Å². The zero-order valence-corrected chi connectivity index (χ0v) is 13.0. The summed E-state index contributed by atoms with van der Waals surface area (Å²) in [5, 5.41) is 0. The Balaban J connectivity index is 1.99. The fraction of sp³-hybridized carbons (Fsp3) is 0.769. The minimum atomic E-state index is -0.665. The number of carbonyl (C=O) groups is 1. The van der Waals surface area contributed by atoms with E-state index in [1.807, 2.05) is 0 Å². The van der Waals surface area contributed by atoms with Crippen LogP contribution in [-0.4, -0.2) is 40.5 Å². The first-order chi connectivity index (χ1) is 9.61. The molecule has 0 aliphatic carbocycles. The first-order valence-corrected chi connectivity index (χ1v) is 7.75. The summed E-state index contributed by atoms with van der Waals surface area (Å²) in [5.74, 6) is 1.56. The van der Waals surface area contributed by atoms with Crippen LogP contribution in [0.25, 0.3) is 0 Å². The number of hydrogen-bond donors (Lipinski definition) is 0. The Kier molecular flexibility index (Phi) is 5.17. The highest BCUT2D eigenvalue weighted by Crippen LogP contribution is 2.30. The Hall–Kier alpha value is -1.37. The normalized spacial score (nSPS) is 17.9. The highest BCUT2D eigenvalue weighted by atomic mass is 32.1. The van der Waals surface area contributed by atoms with E-state index >= 15 is 0 Å². The molecule has 0 amide bonds. The molecule has 2 heterocycles. The van der Waals surface area contributed by atoms with E-state index in [0.717, 1.165) is 49.4 Å². The lowest BCUT2D eigenvalue weighted by atomic mass is 9.99. The van der Waals surface area contributed by atoms with Gasteiger partial charge in [-0.3, -0.25) is 0 Å². The van der Waals surface area contributed by atoms with Gasteiger partial charge in [0, 0.05) is 13.1 Å². The Bertz CT molecular complexity index is 444. The monoisotopic (exact) mass is 299 g/mol. The van der Waals surface area contributed by atoms with Crippen molar-refractivity contribution in [2.24, 2.45) is 5.92 Å². The van der Waals surface area contributed by atoms with Gasteiger partial charge in [-0.15, -0.1) is 4.37 Å². The van der Waals surface area contributed by atoms with Crippen LogP contribution in [0.3, 0.4) is 0 Å². The van der Waals surface area contributed by atoms with Crippen molar-refractivity contribution in [2.75, 3.05) is 24.6 Å². The number of ether oxygens (including phenoxy) is 2. The third-order valence-electron chi connectivity index (χ3n) is 3.43. The molecule has 112 valence electrons. The van der Waals surface area contributed by atoms with Gasteiger partial charge in [-0.1, -0.05) is 6.92 Å². The molecule has 0 saturated carbocycles. The molecule has 1 fully saturated rings. The van der Waals surface area contributed by atoms with Crippen LogP contribution in [0.5, 0.6) is 5.88 Å². The fourth-order valence-corrected chi connectivity index (χ4v) is 2.65. The maximum Gasteiger partial charge on any atom is 0.347 e. The zero-order valence-electron chi connectivity index (χ0n) is 12.2. The molecule has 7 heteroatoms. The maximum atomic E-state index is 11.6. The average Bonchev–Trinajstić information content (AvgIpc) is 2.88. The van der Waals surface area contributed by atoms with Gasteiger partial charge in [0.1, 0.15) is 0 Å². The van der Waals surface area contributed by atoms with E-state index in [1.54, 1.807) is 13.8 Å². The topological polar surface area (TPSA) is 64.5 Å². The third kappa shape index (κ3) is 3.59. The second-order valence-electron chi connectivity index (χ2n) is 5.07. The quantitative estimate of drug-likeness (QED) is 0.776. The van der Waals surface area contributed by atoms with Crippen LogP contribution in [0.1, 0.15) is 33.6 Å². The van der Waals surface area contributed by atoms with Gasteiger partial charge in [-0.05, 0) is 32.6 Å². The number of anilines is 1. The minimum Gasteiger partial charge on any atom is -0.463 e. The summed E-state index contributed by atoms with van der Waals surface area (Å²) in [4.78, 5) is 13.8. The lowest BCUT2D eigenvalue weighted by molar-refractivity contribution is -0.150. The molecule has 0 bridgehead atoms. The third-order valence-corrected chi connectivity index (χ3v) is 3.93. The molecule has 1 aliphatic heterocycles. The molecule has 0 N–H and O–H groups in total. The van der Waals surface area contributed by atoms with Gasteiger partial charge >= 0.3 is 5.97 Å². The van der Waals surface area contributed by atoms with Gasteiger partial charge in [0.25, 0.3) is 5.88 Å². The van der Waals surface area contributed by atoms with Crippen molar-refractivity contribution < 1.29 is 14.3 Å². The fourth-order valence-electron chi connectivity index (χ4n) is 2.14. The van der Waals surface area contributed by atoms with Gasteiger partial charge in [0.05, 0.1) is 18.3 Å². The highest BCUT2D eigenvalue weighted by Gasteiger charge is 2.25. The Morgan fingerprint density at radius 2 is 2.15 bits per heavy atom. The number of aromatic nitrogens is 2. The van der Waals surface area contributed by atoms with Crippen molar-refractivity contribution in [1.29, 1.82) is 0 Å². The molecule has 0 spiro atoms. The van der Waals surface area contributed by atoms with Crippen molar-refractivity contribution in [3.8, 4) is 5.88 Å². The van der Waals surface area contributed by atoms with Crippen LogP contribution >= 0.6 is 11.7 Å². The molecule has 1 aromatic heterocycles. The van der Waals surface area contributed by atoms with Crippen LogP contribution in [-0.2, 0) is 9.53 Å². The number of nitrogens with zero attached hydrogens (tertiary/aromatic N) is 3. The van der Waals surface area contributed by atoms with Crippen LogP contribution in [0.15, 0.2) is 0 Å². The average molecular weight is 299 g/mol. The van der Waals surface area contributed by atoms with Crippen molar-refractivity contribution in [3.05, 3.63) is 0 Å². The molecule has 2 rings (SSSR count). The van der Waals surface area contributed by atoms with Crippen LogP contribution in [0, 0.1) is 5.92 Å². The molecule has 1 aliphatic rings. The van der Waals surface area contributed by atoms with Crippen molar-refractivity contribution >= 4 is 23.5 Å². The maximum absolute atomic E-state index is 11.6. The molecule has 1 aromatic rings. The summed E-state index contributed by atoms with van der Waals surface area (Å²) in [6.07, 6.45) is 1.62. The van der Waals surface area contributed by atoms with Crippen LogP contribution < -0.4 is 9.64 Å². The van der Waals surface area contributed by atoms with Gasteiger partial charge in [0.15, 0.2) is 6.10 Å². The summed E-state index contributed by atoms with van der Waals surface area (Å²) in [7, 11) is 0. The van der Waals surface area contributed by atoms with E-state index in [9.17, 15) is 4.79 Å². The molecule has 20 heavy (non-hydrogen) atoms. The van der Waals surface area contributed by atoms with E-state index in [4.69, 9.17) is 9.47 Å². The Labute approximate surface area is 123 Å². The molecule has 0 aromatic carbocycles. The van der Waals surface area contributed by atoms with Crippen molar-refractivity contribution in [2.45, 2.75) is 39.7 Å². The largest absolute Gasteiger partial charge is 0.463 e. The Morgan fingerprint density at radius 1 is 1.45 bits per heavy atom. The molecular formula is C13H21N3O3S. The number of piperidine rings is 1. The highest BCUT2D eigenvalue weighted by molar-refractivity contribution is 6.99. The lowest BCUT2D eigenvalue weighted by Crippen LogP contribution is -2.34. The standard InChI is InChI=1S/C13H21N3O3S/c1-4-18-13(17)10(3)19-12-11(14-20-15-12)16-7-5-9(2)6-8-16/h9-10H,4-8H2,1-3H3. The Morgan fingerprint density at radius 3 is 2.80 bits per heavy atom. The van der Waals surface area contributed by atoms with E-state index in [-0.39, 0.29) is 5.97 Å².